The molecule has 0 atom stereocenters. The molecule has 0 bridgehead atoms. The number of nitrogens with zero attached hydrogens (tertiary/aromatic N) is 1. The van der Waals surface area contributed by atoms with Gasteiger partial charge in [-0.2, -0.15) is 0 Å². The van der Waals surface area contributed by atoms with Crippen molar-refractivity contribution in [2.24, 2.45) is 0 Å². The Morgan fingerprint density at radius 2 is 1.96 bits per heavy atom. The lowest BCUT2D eigenvalue weighted by molar-refractivity contribution is 0.200. The molecule has 0 aromatic heterocycles. The van der Waals surface area contributed by atoms with Crippen molar-refractivity contribution in [1.29, 1.82) is 0 Å². The zero-order valence-corrected chi connectivity index (χ0v) is 14.2. The van der Waals surface area contributed by atoms with Crippen LogP contribution in [0.1, 0.15) is 18.9 Å². The second kappa shape index (κ2) is 9.42. The molecule has 1 aliphatic rings. The molecule has 1 aliphatic heterocycles. The van der Waals surface area contributed by atoms with E-state index in [1.807, 2.05) is 24.0 Å². The number of nitrogens with one attached hydrogen (secondary N) is 2. The molecular weight excluding hydrogens is 314 g/mol. The Labute approximate surface area is 140 Å². The summed E-state index contributed by atoms with van der Waals surface area (Å²) in [4.78, 5) is 25.4. The van der Waals surface area contributed by atoms with Crippen molar-refractivity contribution >= 4 is 23.1 Å². The van der Waals surface area contributed by atoms with Gasteiger partial charge in [-0.1, -0.05) is 30.8 Å². The van der Waals surface area contributed by atoms with Crippen LogP contribution in [0.15, 0.2) is 24.3 Å². The predicted octanol–water partition coefficient (Wildman–Crippen LogP) is 2.44. The minimum absolute atomic E-state index is 0.116. The number of carbonyl (C=O) groups excluding carboxylic acids is 2. The number of piperazine rings is 1. The molecule has 2 N–H and O–H groups in total. The largest absolute Gasteiger partial charge is 0.412 e. The Morgan fingerprint density at radius 1 is 1.26 bits per heavy atom. The Morgan fingerprint density at radius 3 is 2.61 bits per heavy atom. The summed E-state index contributed by atoms with van der Waals surface area (Å²) in [6, 6.07) is 7.24. The van der Waals surface area contributed by atoms with Gasteiger partial charge < -0.3 is 20.3 Å². The van der Waals surface area contributed by atoms with E-state index in [-0.39, 0.29) is 5.24 Å². The van der Waals surface area contributed by atoms with Gasteiger partial charge in [0.1, 0.15) is 5.75 Å². The fraction of sp³-hybridized carbons (Fsp3) is 0.500. The summed E-state index contributed by atoms with van der Waals surface area (Å²) in [6.45, 7) is 5.84. The molecule has 0 spiro atoms. The summed E-state index contributed by atoms with van der Waals surface area (Å²) in [6.07, 6.45) is 0.426. The van der Waals surface area contributed by atoms with Crippen LogP contribution >= 0.6 is 11.8 Å². The van der Waals surface area contributed by atoms with Gasteiger partial charge in [0.25, 0.3) is 5.24 Å². The van der Waals surface area contributed by atoms with E-state index in [1.165, 1.54) is 11.8 Å². The number of hydrogen-bond acceptors (Lipinski definition) is 5. The van der Waals surface area contributed by atoms with Gasteiger partial charge in [0.15, 0.2) is 0 Å². The van der Waals surface area contributed by atoms with Gasteiger partial charge >= 0.3 is 6.09 Å². The van der Waals surface area contributed by atoms with E-state index in [9.17, 15) is 9.59 Å². The lowest BCUT2D eigenvalue weighted by atomic mass is 10.2. The Balaban J connectivity index is 1.76. The van der Waals surface area contributed by atoms with Gasteiger partial charge in [-0.05, 0) is 24.1 Å². The Kier molecular flexibility index (Phi) is 7.22. The van der Waals surface area contributed by atoms with Crippen LogP contribution in [-0.4, -0.2) is 49.0 Å². The summed E-state index contributed by atoms with van der Waals surface area (Å²) in [5.74, 6) is 1.12. The molecule has 1 fully saturated rings. The van der Waals surface area contributed by atoms with Crippen LogP contribution in [0.3, 0.4) is 0 Å². The minimum Gasteiger partial charge on any atom is -0.410 e. The second-order valence-corrected chi connectivity index (χ2v) is 6.18. The van der Waals surface area contributed by atoms with Crippen LogP contribution in [0.5, 0.6) is 5.75 Å². The van der Waals surface area contributed by atoms with Crippen molar-refractivity contribution < 1.29 is 14.3 Å². The van der Waals surface area contributed by atoms with Crippen LogP contribution in [0.25, 0.3) is 0 Å². The topological polar surface area (TPSA) is 70.7 Å². The summed E-state index contributed by atoms with van der Waals surface area (Å²) in [5.41, 5.74) is 1.03. The maximum atomic E-state index is 12.1. The first-order valence-electron chi connectivity index (χ1n) is 7.86. The third-order valence-electron chi connectivity index (χ3n) is 3.39. The number of ether oxygens (including phenoxy) is 1. The average Bonchev–Trinajstić information content (AvgIpc) is 2.60. The fourth-order valence-corrected chi connectivity index (χ4v) is 2.96. The monoisotopic (exact) mass is 337 g/mol. The van der Waals surface area contributed by atoms with Crippen molar-refractivity contribution in [2.75, 3.05) is 32.7 Å². The maximum absolute atomic E-state index is 12.1. The lowest BCUT2D eigenvalue weighted by Gasteiger charge is -2.26. The van der Waals surface area contributed by atoms with Gasteiger partial charge in [0.05, 0.1) is 0 Å². The Hall–Kier alpha value is -1.73. The van der Waals surface area contributed by atoms with Gasteiger partial charge in [-0.15, -0.1) is 0 Å². The van der Waals surface area contributed by atoms with Gasteiger partial charge in [0, 0.05) is 38.5 Å². The van der Waals surface area contributed by atoms with Crippen LogP contribution in [0.2, 0.25) is 0 Å². The number of thioether (sulfide) groups is 1. The van der Waals surface area contributed by atoms with Crippen LogP contribution in [-0.2, 0) is 5.75 Å². The third kappa shape index (κ3) is 6.11. The molecule has 23 heavy (non-hydrogen) atoms. The first-order chi connectivity index (χ1) is 11.2. The van der Waals surface area contributed by atoms with Gasteiger partial charge in [0.2, 0.25) is 0 Å². The van der Waals surface area contributed by atoms with Crippen molar-refractivity contribution in [3.8, 4) is 5.75 Å². The number of carbonyl (C=O) groups is 2. The highest BCUT2D eigenvalue weighted by atomic mass is 32.2. The minimum atomic E-state index is -0.442. The predicted molar refractivity (Wildman–Crippen MR) is 91.9 cm³/mol. The molecule has 1 saturated heterocycles. The zero-order valence-electron chi connectivity index (χ0n) is 13.3. The number of benzene rings is 1. The van der Waals surface area contributed by atoms with Gasteiger partial charge in [-0.3, -0.25) is 4.79 Å². The fourth-order valence-electron chi connectivity index (χ4n) is 2.11. The van der Waals surface area contributed by atoms with Crippen molar-refractivity contribution in [3.63, 3.8) is 0 Å². The molecule has 0 radical (unpaired) electrons. The lowest BCUT2D eigenvalue weighted by Crippen LogP contribution is -2.45. The van der Waals surface area contributed by atoms with E-state index in [2.05, 4.69) is 10.6 Å². The second-order valence-electron chi connectivity index (χ2n) is 5.25. The van der Waals surface area contributed by atoms with E-state index < -0.39 is 6.09 Å². The highest BCUT2D eigenvalue weighted by Gasteiger charge is 2.16. The van der Waals surface area contributed by atoms with E-state index >= 15 is 0 Å². The van der Waals surface area contributed by atoms with E-state index in [0.717, 1.165) is 38.2 Å². The number of amides is 2. The highest BCUT2D eigenvalue weighted by molar-refractivity contribution is 8.12. The summed E-state index contributed by atoms with van der Waals surface area (Å²) in [7, 11) is 0. The summed E-state index contributed by atoms with van der Waals surface area (Å²) in [5, 5.41) is 6.00. The van der Waals surface area contributed by atoms with Crippen molar-refractivity contribution in [3.05, 3.63) is 29.8 Å². The molecule has 0 saturated carbocycles. The molecule has 0 unspecified atom stereocenters. The molecule has 126 valence electrons. The van der Waals surface area contributed by atoms with Crippen molar-refractivity contribution in [2.45, 2.75) is 19.1 Å². The van der Waals surface area contributed by atoms with Gasteiger partial charge in [-0.25, -0.2) is 4.79 Å². The zero-order chi connectivity index (χ0) is 16.5. The third-order valence-corrected chi connectivity index (χ3v) is 4.37. The molecule has 1 heterocycles. The summed E-state index contributed by atoms with van der Waals surface area (Å²) >= 11 is 1.31. The van der Waals surface area contributed by atoms with E-state index in [0.29, 0.717) is 18.0 Å². The average molecular weight is 337 g/mol. The standard InChI is InChI=1S/C16H23N3O3S/c1-2-7-18-15(20)22-14-5-3-13(4-6-14)12-23-16(21)19-10-8-17-9-11-19/h3-6,17H,2,7-12H2,1H3,(H,18,20). The number of rotatable bonds is 5. The Bertz CT molecular complexity index is 516. The quantitative estimate of drug-likeness (QED) is 0.863. The normalized spacial score (nSPS) is 14.4. The summed E-state index contributed by atoms with van der Waals surface area (Å²) < 4.78 is 5.15. The molecule has 1 aromatic carbocycles. The molecule has 0 aliphatic carbocycles. The van der Waals surface area contributed by atoms with E-state index in [1.54, 1.807) is 12.1 Å². The molecule has 2 amide bonds. The molecular formula is C16H23N3O3S. The van der Waals surface area contributed by atoms with Crippen LogP contribution in [0, 0.1) is 0 Å². The molecule has 6 nitrogen and oxygen atoms in total. The number of hydrogen-bond donors (Lipinski definition) is 2. The first-order valence-corrected chi connectivity index (χ1v) is 8.84. The molecule has 1 aromatic rings. The molecule has 2 rings (SSSR count). The van der Waals surface area contributed by atoms with Crippen molar-refractivity contribution in [1.82, 2.24) is 15.5 Å². The molecule has 7 heteroatoms. The van der Waals surface area contributed by atoms with Crippen LogP contribution in [0.4, 0.5) is 9.59 Å². The highest BCUT2D eigenvalue weighted by Crippen LogP contribution is 2.19. The first kappa shape index (κ1) is 17.6. The SMILES string of the molecule is CCCNC(=O)Oc1ccc(CSC(=O)N2CCNCC2)cc1. The van der Waals surface area contributed by atoms with Crippen LogP contribution < -0.4 is 15.4 Å². The smallest absolute Gasteiger partial charge is 0.410 e. The van der Waals surface area contributed by atoms with E-state index in [4.69, 9.17) is 4.74 Å². The maximum Gasteiger partial charge on any atom is 0.412 e.